The number of phenols is 1. The van der Waals surface area contributed by atoms with Crippen LogP contribution in [-0.2, 0) is 0 Å². The zero-order valence-electron chi connectivity index (χ0n) is 5.54. The molecule has 11 heavy (non-hydrogen) atoms. The third-order valence-corrected chi connectivity index (χ3v) is 1.41. The quantitative estimate of drug-likeness (QED) is 0.353. The Morgan fingerprint density at radius 3 is 2.64 bits per heavy atom. The van der Waals surface area contributed by atoms with Crippen LogP contribution in [0.15, 0.2) is 24.3 Å². The van der Waals surface area contributed by atoms with E-state index in [-0.39, 0.29) is 9.66 Å². The van der Waals surface area contributed by atoms with Crippen LogP contribution in [0, 0.1) is 0 Å². The first-order chi connectivity index (χ1) is 5.20. The second-order valence-electron chi connectivity index (χ2n) is 1.92. The first kappa shape index (κ1) is 8.32. The van der Waals surface area contributed by atoms with Crippen LogP contribution in [0.3, 0.4) is 0 Å². The van der Waals surface area contributed by atoms with Gasteiger partial charge in [0.05, 0.1) is 5.69 Å². The van der Waals surface area contributed by atoms with Gasteiger partial charge in [0.1, 0.15) is 5.75 Å². The molecule has 1 aromatic carbocycles. The van der Waals surface area contributed by atoms with Crippen molar-refractivity contribution in [2.75, 3.05) is 5.32 Å². The van der Waals surface area contributed by atoms with Crippen LogP contribution in [-0.4, -0.2) is 9.02 Å². The van der Waals surface area contributed by atoms with Gasteiger partial charge in [0.25, 0.3) is 3.91 Å². The molecule has 0 unspecified atom stereocenters. The Balaban J connectivity index is 2.86. The number of carbonyl (C=O) groups excluding carboxylic acids is 1. The van der Waals surface area contributed by atoms with Gasteiger partial charge in [-0.15, -0.1) is 0 Å². The summed E-state index contributed by atoms with van der Waals surface area (Å²) in [5, 5.41) is 11.6. The summed E-state index contributed by atoms with van der Waals surface area (Å²) in [6.07, 6.45) is 0. The number of aromatic hydroxyl groups is 1. The van der Waals surface area contributed by atoms with Crippen LogP contribution >= 0.6 is 22.6 Å². The van der Waals surface area contributed by atoms with Gasteiger partial charge in [-0.3, -0.25) is 4.79 Å². The van der Waals surface area contributed by atoms with Crippen molar-refractivity contribution in [2.24, 2.45) is 0 Å². The van der Waals surface area contributed by atoms with Crippen molar-refractivity contribution >= 4 is 32.2 Å². The van der Waals surface area contributed by atoms with Gasteiger partial charge in [-0.05, 0) is 12.1 Å². The molecule has 0 aliphatic heterocycles. The van der Waals surface area contributed by atoms with Crippen molar-refractivity contribution in [1.29, 1.82) is 0 Å². The minimum absolute atomic E-state index is 0.0810. The fraction of sp³-hybridized carbons (Fsp3) is 0. The molecule has 0 aliphatic rings. The molecule has 4 heteroatoms. The largest absolute Gasteiger partial charge is 0.506 e. The lowest BCUT2D eigenvalue weighted by atomic mass is 10.3. The maximum Gasteiger partial charge on any atom is 0.285 e. The predicted molar refractivity (Wildman–Crippen MR) is 51.1 cm³/mol. The SMILES string of the molecule is O=C(I)Nc1ccccc1O. The number of amides is 1. The van der Waals surface area contributed by atoms with E-state index in [4.69, 9.17) is 5.11 Å². The Morgan fingerprint density at radius 1 is 1.45 bits per heavy atom. The van der Waals surface area contributed by atoms with Crippen molar-refractivity contribution in [2.45, 2.75) is 0 Å². The molecule has 58 valence electrons. The van der Waals surface area contributed by atoms with E-state index < -0.39 is 0 Å². The second kappa shape index (κ2) is 3.56. The lowest BCUT2D eigenvalue weighted by Gasteiger charge is -2.01. The average Bonchev–Trinajstić information content (AvgIpc) is 1.93. The highest BCUT2D eigenvalue weighted by atomic mass is 127. The number of hydrogen-bond donors (Lipinski definition) is 2. The smallest absolute Gasteiger partial charge is 0.285 e. The van der Waals surface area contributed by atoms with E-state index in [2.05, 4.69) is 5.32 Å². The zero-order chi connectivity index (χ0) is 8.27. The number of hydrogen-bond acceptors (Lipinski definition) is 2. The molecular formula is C7H6INO2. The van der Waals surface area contributed by atoms with Crippen LogP contribution in [0.4, 0.5) is 10.5 Å². The third kappa shape index (κ3) is 2.38. The van der Waals surface area contributed by atoms with Gasteiger partial charge in [-0.25, -0.2) is 0 Å². The molecule has 2 N–H and O–H groups in total. The van der Waals surface area contributed by atoms with Gasteiger partial charge in [-0.1, -0.05) is 12.1 Å². The van der Waals surface area contributed by atoms with Crippen molar-refractivity contribution < 1.29 is 9.90 Å². The summed E-state index contributed by atoms with van der Waals surface area (Å²) >= 11 is 1.60. The molecule has 0 heterocycles. The van der Waals surface area contributed by atoms with Crippen molar-refractivity contribution in [1.82, 2.24) is 0 Å². The normalized spacial score (nSPS) is 9.18. The lowest BCUT2D eigenvalue weighted by Crippen LogP contribution is -1.99. The maximum atomic E-state index is 10.5. The standard InChI is InChI=1S/C7H6INO2/c8-7(11)9-5-3-1-2-4-6(5)10/h1-4,10H,(H,9,11). The Morgan fingerprint density at radius 2 is 2.09 bits per heavy atom. The van der Waals surface area contributed by atoms with E-state index in [0.717, 1.165) is 0 Å². The minimum Gasteiger partial charge on any atom is -0.506 e. The molecule has 0 saturated heterocycles. The molecule has 0 aromatic heterocycles. The Bertz CT molecular complexity index is 275. The van der Waals surface area contributed by atoms with Crippen LogP contribution in [0.1, 0.15) is 0 Å². The van der Waals surface area contributed by atoms with Crippen LogP contribution in [0.5, 0.6) is 5.75 Å². The average molecular weight is 263 g/mol. The van der Waals surface area contributed by atoms with Gasteiger partial charge in [0.2, 0.25) is 0 Å². The number of nitrogens with one attached hydrogen (secondary N) is 1. The first-order valence-electron chi connectivity index (χ1n) is 2.94. The number of carbonyl (C=O) groups is 1. The van der Waals surface area contributed by atoms with E-state index in [1.165, 1.54) is 6.07 Å². The molecule has 3 nitrogen and oxygen atoms in total. The summed E-state index contributed by atoms with van der Waals surface area (Å²) in [6.45, 7) is 0. The van der Waals surface area contributed by atoms with Gasteiger partial charge >= 0.3 is 0 Å². The van der Waals surface area contributed by atoms with E-state index in [9.17, 15) is 4.79 Å². The molecular weight excluding hydrogens is 257 g/mol. The summed E-state index contributed by atoms with van der Waals surface area (Å²) < 4.78 is -0.218. The predicted octanol–water partition coefficient (Wildman–Crippen LogP) is 2.36. The van der Waals surface area contributed by atoms with Crippen molar-refractivity contribution in [3.63, 3.8) is 0 Å². The summed E-state index contributed by atoms with van der Waals surface area (Å²) in [6, 6.07) is 6.58. The Labute approximate surface area is 77.6 Å². The van der Waals surface area contributed by atoms with Gasteiger partial charge in [0, 0.05) is 22.6 Å². The molecule has 0 saturated carbocycles. The molecule has 1 aromatic rings. The molecule has 0 atom stereocenters. The highest BCUT2D eigenvalue weighted by Crippen LogP contribution is 2.21. The maximum absolute atomic E-state index is 10.5. The summed E-state index contributed by atoms with van der Waals surface area (Å²) in [5.74, 6) is 0.0810. The number of phenolic OH excluding ortho intramolecular Hbond substituents is 1. The fourth-order valence-electron chi connectivity index (χ4n) is 0.685. The van der Waals surface area contributed by atoms with Crippen LogP contribution < -0.4 is 5.32 Å². The molecule has 1 amide bonds. The topological polar surface area (TPSA) is 49.3 Å². The number of halogens is 1. The second-order valence-corrected chi connectivity index (χ2v) is 2.90. The van der Waals surface area contributed by atoms with Crippen LogP contribution in [0.2, 0.25) is 0 Å². The fourth-order valence-corrected chi connectivity index (χ4v) is 0.976. The number of rotatable bonds is 1. The van der Waals surface area contributed by atoms with E-state index in [0.29, 0.717) is 5.69 Å². The number of para-hydroxylation sites is 2. The molecule has 0 spiro atoms. The molecule has 1 rings (SSSR count). The summed E-state index contributed by atoms with van der Waals surface area (Å²) in [5.41, 5.74) is 0.437. The summed E-state index contributed by atoms with van der Waals surface area (Å²) in [7, 11) is 0. The molecule has 0 bridgehead atoms. The monoisotopic (exact) mass is 263 g/mol. The highest BCUT2D eigenvalue weighted by Gasteiger charge is 1.99. The molecule has 0 aliphatic carbocycles. The first-order valence-corrected chi connectivity index (χ1v) is 4.02. The lowest BCUT2D eigenvalue weighted by molar-refractivity contribution is 0.271. The molecule has 0 fully saturated rings. The van der Waals surface area contributed by atoms with Gasteiger partial charge in [-0.2, -0.15) is 0 Å². The number of benzene rings is 1. The van der Waals surface area contributed by atoms with Crippen molar-refractivity contribution in [3.8, 4) is 5.75 Å². The summed E-state index contributed by atoms with van der Waals surface area (Å²) in [4.78, 5) is 10.5. The number of anilines is 1. The van der Waals surface area contributed by atoms with E-state index in [1.807, 2.05) is 0 Å². The zero-order valence-corrected chi connectivity index (χ0v) is 7.70. The van der Waals surface area contributed by atoms with E-state index >= 15 is 0 Å². The van der Waals surface area contributed by atoms with Crippen LogP contribution in [0.25, 0.3) is 0 Å². The molecule has 0 radical (unpaired) electrons. The Hall–Kier alpha value is -0.780. The van der Waals surface area contributed by atoms with E-state index in [1.54, 1.807) is 40.8 Å². The minimum atomic E-state index is -0.218. The van der Waals surface area contributed by atoms with Crippen molar-refractivity contribution in [3.05, 3.63) is 24.3 Å². The third-order valence-electron chi connectivity index (χ3n) is 1.14. The van der Waals surface area contributed by atoms with Gasteiger partial charge < -0.3 is 10.4 Å². The Kier molecular flexibility index (Phi) is 2.70. The van der Waals surface area contributed by atoms with Gasteiger partial charge in [0.15, 0.2) is 0 Å². The highest BCUT2D eigenvalue weighted by molar-refractivity contribution is 14.1.